The Labute approximate surface area is 159 Å². The summed E-state index contributed by atoms with van der Waals surface area (Å²) < 4.78 is 10.0. The third kappa shape index (κ3) is 23.3. The van der Waals surface area contributed by atoms with Crippen LogP contribution in [0.3, 0.4) is 0 Å². The van der Waals surface area contributed by atoms with Crippen LogP contribution in [0.1, 0.15) is 0 Å². The minimum atomic E-state index is 0.746. The van der Waals surface area contributed by atoms with E-state index in [2.05, 4.69) is 0 Å². The summed E-state index contributed by atoms with van der Waals surface area (Å²) in [4.78, 5) is 0. The van der Waals surface area contributed by atoms with Gasteiger partial charge in [-0.1, -0.05) is 0 Å². The summed E-state index contributed by atoms with van der Waals surface area (Å²) in [7, 11) is 5.95. The van der Waals surface area contributed by atoms with Gasteiger partial charge in [0.1, 0.15) is 0 Å². The van der Waals surface area contributed by atoms with Crippen molar-refractivity contribution in [2.75, 3.05) is 0 Å². The molecule has 0 saturated heterocycles. The van der Waals surface area contributed by atoms with Gasteiger partial charge >= 0.3 is 160 Å². The Kier molecular flexibility index (Phi) is 25.6. The maximum atomic E-state index is 10.0. The van der Waals surface area contributed by atoms with Crippen molar-refractivity contribution >= 4 is 155 Å². The summed E-state index contributed by atoms with van der Waals surface area (Å²) in [5, 5.41) is 0. The van der Waals surface area contributed by atoms with Crippen molar-refractivity contribution in [2.24, 2.45) is 0 Å². The molecule has 0 saturated carbocycles. The molecule has 0 rings (SSSR count). The zero-order valence-electron chi connectivity index (χ0n) is 13.7. The molecule has 0 aromatic carbocycles. The Bertz CT molecular complexity index is 556. The fourth-order valence-electron chi connectivity index (χ4n) is 1.26. The van der Waals surface area contributed by atoms with Crippen LogP contribution in [-0.4, -0.2) is 155 Å². The zero-order chi connectivity index (χ0) is 17.6. The van der Waals surface area contributed by atoms with E-state index in [-0.39, 0.29) is 0 Å². The van der Waals surface area contributed by atoms with E-state index in [0.29, 0.717) is 0 Å². The fraction of sp³-hybridized carbons (Fsp3) is 0. The normalized spacial score (nSPS) is 7.12. The van der Waals surface area contributed by atoms with Crippen molar-refractivity contribution < 1.29 is 4.70 Å². The molecule has 0 unspecified atom stereocenters. The predicted octanol–water partition coefficient (Wildman–Crippen LogP) is -8.88. The molecule has 0 heterocycles. The van der Waals surface area contributed by atoms with Crippen molar-refractivity contribution in [1.29, 1.82) is 0 Å². The predicted molar refractivity (Wildman–Crippen MR) is 133 cm³/mol. The Hall–Kier alpha value is 1.29. The van der Waals surface area contributed by atoms with Gasteiger partial charge in [-0.3, -0.25) is 0 Å². The van der Waals surface area contributed by atoms with Crippen LogP contribution < -0.4 is 0 Å². The summed E-state index contributed by atoms with van der Waals surface area (Å²) >= 11 is 0. The molecule has 1 radical (unpaired) electrons. The quantitative estimate of drug-likeness (QED) is 0.339. The summed E-state index contributed by atoms with van der Waals surface area (Å²) in [6.45, 7) is 39.0. The summed E-state index contributed by atoms with van der Waals surface area (Å²) in [6, 6.07) is 0. The molecule has 1 nitrogen and oxygen atoms in total. The first-order chi connectivity index (χ1) is 11.9. The average Bonchev–Trinajstić information content (AvgIpc) is 2.60. The van der Waals surface area contributed by atoms with E-state index in [0.717, 1.165) is 7.04 Å². The first-order valence-corrected chi connectivity index (χ1v) is 7.57. The molecule has 75 valence electrons. The summed E-state index contributed by atoms with van der Waals surface area (Å²) in [5.74, 6) is 0. The zero-order valence-corrected chi connectivity index (χ0v) is 13.7. The second-order valence-electron chi connectivity index (χ2n) is 4.18. The molecule has 0 aromatic heterocycles. The molecular formula is B23O. The van der Waals surface area contributed by atoms with E-state index >= 15 is 0 Å². The monoisotopic (exact) mass is 269 g/mol. The van der Waals surface area contributed by atoms with Crippen LogP contribution in [0.2, 0.25) is 0 Å². The van der Waals surface area contributed by atoms with Crippen molar-refractivity contribution in [3.8, 4) is 0 Å². The van der Waals surface area contributed by atoms with E-state index in [9.17, 15) is 4.70 Å². The standard InChI is InChI=1S/B23O/c1-2-3-4-5-6-7-8-9-10-11-12-13-14-15-16-17-18-19-20-21-22-23-24. The van der Waals surface area contributed by atoms with Crippen LogP contribution >= 0.6 is 0 Å². The number of rotatable bonds is 11. The van der Waals surface area contributed by atoms with Gasteiger partial charge in [0.05, 0.1) is 0 Å². The molecular weight excluding hydrogens is 265 g/mol. The molecule has 0 N–H and O–H groups in total. The molecule has 0 fully saturated rings. The van der Waals surface area contributed by atoms with Gasteiger partial charge in [0.2, 0.25) is 0 Å². The van der Waals surface area contributed by atoms with Crippen LogP contribution in [0.5, 0.6) is 0 Å². The van der Waals surface area contributed by atoms with Crippen LogP contribution in [0.4, 0.5) is 0 Å². The van der Waals surface area contributed by atoms with Crippen LogP contribution in [0, 0.1) is 0 Å². The Balaban J connectivity index is 3.91. The fourth-order valence-corrected chi connectivity index (χ4v) is 1.26. The molecule has 0 amide bonds. The second kappa shape index (κ2) is 24.3. The van der Waals surface area contributed by atoms with Crippen molar-refractivity contribution in [3.63, 3.8) is 0 Å². The van der Waals surface area contributed by atoms with Gasteiger partial charge in [0.25, 0.3) is 0 Å². The first kappa shape index (κ1) is 25.3. The number of hydrogen-bond acceptors (Lipinski definition) is 1. The molecule has 0 aliphatic heterocycles. The molecule has 0 aromatic rings. The van der Waals surface area contributed by atoms with Gasteiger partial charge in [-0.05, 0) is 0 Å². The van der Waals surface area contributed by atoms with E-state index in [1.165, 1.54) is 13.4 Å². The molecule has 24 heteroatoms. The summed E-state index contributed by atoms with van der Waals surface area (Å²) in [5.41, 5.74) is 0. The molecule has 0 bridgehead atoms. The maximum absolute atomic E-state index is 10.0. The van der Waals surface area contributed by atoms with E-state index in [4.69, 9.17) is 7.37 Å². The van der Waals surface area contributed by atoms with Gasteiger partial charge in [0.15, 0.2) is 0 Å². The third-order valence-electron chi connectivity index (χ3n) is 2.30. The molecule has 0 spiro atoms. The molecule has 24 heavy (non-hydrogen) atoms. The topological polar surface area (TPSA) is 17.1 Å². The first-order valence-electron chi connectivity index (χ1n) is 7.57. The van der Waals surface area contributed by atoms with Gasteiger partial charge < -0.3 is 0 Å². The SMILES string of the molecule is [B]=BB=BB=BB=BB=BB=BB=BB=BB=BB=BB=BB=O. The van der Waals surface area contributed by atoms with E-state index in [1.807, 2.05) is 107 Å². The van der Waals surface area contributed by atoms with Gasteiger partial charge in [-0.2, -0.15) is 0 Å². The molecule has 0 aliphatic rings. The third-order valence-corrected chi connectivity index (χ3v) is 2.30. The van der Waals surface area contributed by atoms with Crippen LogP contribution in [-0.2, 0) is 4.70 Å². The van der Waals surface area contributed by atoms with E-state index < -0.39 is 0 Å². The van der Waals surface area contributed by atoms with Crippen molar-refractivity contribution in [1.82, 2.24) is 0 Å². The minimum absolute atomic E-state index is 0.746. The molecule has 0 aliphatic carbocycles. The van der Waals surface area contributed by atoms with Gasteiger partial charge in [-0.25, -0.2) is 0 Å². The second-order valence-corrected chi connectivity index (χ2v) is 4.18. The molecule has 0 atom stereocenters. The Morgan fingerprint density at radius 1 is 0.333 bits per heavy atom. The van der Waals surface area contributed by atoms with Crippen LogP contribution in [0.25, 0.3) is 0 Å². The van der Waals surface area contributed by atoms with Gasteiger partial charge in [0, 0.05) is 0 Å². The van der Waals surface area contributed by atoms with Crippen molar-refractivity contribution in [2.45, 2.75) is 0 Å². The van der Waals surface area contributed by atoms with Crippen molar-refractivity contribution in [3.05, 3.63) is 0 Å². The Morgan fingerprint density at radius 3 is 0.750 bits per heavy atom. The summed E-state index contributed by atoms with van der Waals surface area (Å²) in [6.07, 6.45) is 0. The average molecular weight is 265 g/mol. The number of hydrogen-bond donors (Lipinski definition) is 0. The van der Waals surface area contributed by atoms with Crippen LogP contribution in [0.15, 0.2) is 0 Å². The van der Waals surface area contributed by atoms with E-state index in [1.54, 1.807) is 20.1 Å². The Morgan fingerprint density at radius 2 is 0.542 bits per heavy atom. The van der Waals surface area contributed by atoms with Gasteiger partial charge in [-0.15, -0.1) is 0 Å².